The summed E-state index contributed by atoms with van der Waals surface area (Å²) in [6, 6.07) is 17.5. The molecule has 0 radical (unpaired) electrons. The van der Waals surface area contributed by atoms with Crippen molar-refractivity contribution in [1.29, 1.82) is 0 Å². The van der Waals surface area contributed by atoms with Gasteiger partial charge < -0.3 is 14.7 Å². The molecule has 2 aromatic carbocycles. The molecule has 0 aromatic heterocycles. The Kier molecular flexibility index (Phi) is 5.49. The van der Waals surface area contributed by atoms with Crippen LogP contribution in [0.15, 0.2) is 54.6 Å². The number of carbonyl (C=O) groups excluding carboxylic acids is 1. The molecule has 0 spiro atoms. The van der Waals surface area contributed by atoms with E-state index in [-0.39, 0.29) is 13.0 Å². The highest BCUT2D eigenvalue weighted by molar-refractivity contribution is 5.74. The number of esters is 1. The second-order valence-corrected chi connectivity index (χ2v) is 6.17. The predicted molar refractivity (Wildman–Crippen MR) is 93.8 cm³/mol. The third kappa shape index (κ3) is 4.36. The molecule has 24 heavy (non-hydrogen) atoms. The van der Waals surface area contributed by atoms with Gasteiger partial charge >= 0.3 is 5.97 Å². The molecule has 0 saturated carbocycles. The predicted octanol–water partition coefficient (Wildman–Crippen LogP) is 2.93. The van der Waals surface area contributed by atoms with Crippen molar-refractivity contribution in [3.63, 3.8) is 0 Å². The summed E-state index contributed by atoms with van der Waals surface area (Å²) in [5.74, 6) is -0.581. The highest BCUT2D eigenvalue weighted by Gasteiger charge is 2.18. The number of rotatable bonds is 6. The fourth-order valence-corrected chi connectivity index (χ4v) is 2.95. The van der Waals surface area contributed by atoms with Gasteiger partial charge in [-0.3, -0.25) is 0 Å². The first-order valence-electron chi connectivity index (χ1n) is 8.45. The molecule has 0 bridgehead atoms. The van der Waals surface area contributed by atoms with Crippen LogP contribution >= 0.6 is 0 Å². The van der Waals surface area contributed by atoms with Crippen molar-refractivity contribution in [2.75, 3.05) is 18.0 Å². The fourth-order valence-electron chi connectivity index (χ4n) is 2.95. The molecular formula is C20H23NO3. The lowest BCUT2D eigenvalue weighted by Crippen LogP contribution is -2.25. The zero-order chi connectivity index (χ0) is 16.8. The lowest BCUT2D eigenvalue weighted by Gasteiger charge is -2.18. The van der Waals surface area contributed by atoms with Crippen molar-refractivity contribution in [2.24, 2.45) is 0 Å². The Morgan fingerprint density at radius 1 is 1.00 bits per heavy atom. The van der Waals surface area contributed by atoms with E-state index in [9.17, 15) is 9.90 Å². The van der Waals surface area contributed by atoms with Crippen LogP contribution in [-0.4, -0.2) is 30.3 Å². The lowest BCUT2D eigenvalue weighted by atomic mass is 10.1. The van der Waals surface area contributed by atoms with Crippen LogP contribution in [0.3, 0.4) is 0 Å². The van der Waals surface area contributed by atoms with Crippen LogP contribution in [0.4, 0.5) is 5.69 Å². The number of aliphatic hydroxyl groups is 1. The number of carbonyl (C=O) groups is 1. The quantitative estimate of drug-likeness (QED) is 0.830. The molecule has 0 aliphatic carbocycles. The number of nitrogens with zero attached hydrogens (tertiary/aromatic N) is 1. The first-order valence-corrected chi connectivity index (χ1v) is 8.45. The van der Waals surface area contributed by atoms with Gasteiger partial charge in [-0.25, -0.2) is 4.79 Å². The summed E-state index contributed by atoms with van der Waals surface area (Å²) in [7, 11) is 0. The molecule has 4 nitrogen and oxygen atoms in total. The van der Waals surface area contributed by atoms with E-state index in [1.807, 2.05) is 42.5 Å². The Hall–Kier alpha value is -2.33. The fraction of sp³-hybridized carbons (Fsp3) is 0.350. The lowest BCUT2D eigenvalue weighted by molar-refractivity contribution is -0.154. The molecule has 126 valence electrons. The van der Waals surface area contributed by atoms with Gasteiger partial charge in [-0.2, -0.15) is 0 Å². The van der Waals surface area contributed by atoms with Crippen LogP contribution in [0, 0.1) is 0 Å². The topological polar surface area (TPSA) is 49.8 Å². The highest BCUT2D eigenvalue weighted by Crippen LogP contribution is 2.21. The molecule has 1 aliphatic rings. The first kappa shape index (κ1) is 16.5. The summed E-state index contributed by atoms with van der Waals surface area (Å²) in [5.41, 5.74) is 3.05. The van der Waals surface area contributed by atoms with Crippen LogP contribution in [0.2, 0.25) is 0 Å². The minimum atomic E-state index is -1.13. The van der Waals surface area contributed by atoms with E-state index >= 15 is 0 Å². The molecule has 0 amide bonds. The standard InChI is InChI=1S/C20H23NO3/c22-19(20(23)24-15-17-6-2-1-3-7-17)14-16-8-10-18(11-9-16)21-12-4-5-13-21/h1-3,6-11,19,22H,4-5,12-15H2/t19-/m1/s1. The van der Waals surface area contributed by atoms with Gasteiger partial charge in [0.05, 0.1) is 0 Å². The number of anilines is 1. The third-order valence-corrected chi connectivity index (χ3v) is 4.33. The Morgan fingerprint density at radius 2 is 1.67 bits per heavy atom. The second-order valence-electron chi connectivity index (χ2n) is 6.17. The molecule has 1 saturated heterocycles. The van der Waals surface area contributed by atoms with Gasteiger partial charge in [0.2, 0.25) is 0 Å². The Morgan fingerprint density at radius 3 is 2.33 bits per heavy atom. The van der Waals surface area contributed by atoms with E-state index < -0.39 is 12.1 Å². The number of ether oxygens (including phenoxy) is 1. The van der Waals surface area contributed by atoms with Crippen LogP contribution in [-0.2, 0) is 22.6 Å². The summed E-state index contributed by atoms with van der Waals surface area (Å²) in [4.78, 5) is 14.3. The van der Waals surface area contributed by atoms with Crippen molar-refractivity contribution in [3.8, 4) is 0 Å². The summed E-state index contributed by atoms with van der Waals surface area (Å²) in [6.07, 6.45) is 1.63. The van der Waals surface area contributed by atoms with Crippen molar-refractivity contribution in [3.05, 3.63) is 65.7 Å². The molecule has 1 aliphatic heterocycles. The molecule has 2 aromatic rings. The zero-order valence-electron chi connectivity index (χ0n) is 13.7. The molecule has 1 fully saturated rings. The van der Waals surface area contributed by atoms with Crippen LogP contribution in [0.1, 0.15) is 24.0 Å². The largest absolute Gasteiger partial charge is 0.459 e. The molecular weight excluding hydrogens is 302 g/mol. The number of hydrogen-bond donors (Lipinski definition) is 1. The monoisotopic (exact) mass is 325 g/mol. The average Bonchev–Trinajstić information content (AvgIpc) is 3.16. The summed E-state index contributed by atoms with van der Waals surface area (Å²) >= 11 is 0. The van der Waals surface area contributed by atoms with Crippen LogP contribution in [0.25, 0.3) is 0 Å². The molecule has 3 rings (SSSR count). The van der Waals surface area contributed by atoms with E-state index in [2.05, 4.69) is 17.0 Å². The maximum Gasteiger partial charge on any atom is 0.335 e. The van der Waals surface area contributed by atoms with Crippen LogP contribution in [0.5, 0.6) is 0 Å². The molecule has 0 unspecified atom stereocenters. The average molecular weight is 325 g/mol. The SMILES string of the molecule is O=C(OCc1ccccc1)[C@H](O)Cc1ccc(N2CCCC2)cc1. The second kappa shape index (κ2) is 7.97. The van der Waals surface area contributed by atoms with Gasteiger partial charge in [0, 0.05) is 25.2 Å². The van der Waals surface area contributed by atoms with Crippen molar-refractivity contribution < 1.29 is 14.6 Å². The number of benzene rings is 2. The van der Waals surface area contributed by atoms with Crippen molar-refractivity contribution in [2.45, 2.75) is 32.0 Å². The van der Waals surface area contributed by atoms with E-state index in [4.69, 9.17) is 4.74 Å². The normalized spacial score (nSPS) is 15.3. The maximum atomic E-state index is 11.9. The van der Waals surface area contributed by atoms with E-state index in [0.29, 0.717) is 0 Å². The van der Waals surface area contributed by atoms with Gasteiger partial charge in [0.1, 0.15) is 6.61 Å². The van der Waals surface area contributed by atoms with E-state index in [1.165, 1.54) is 18.5 Å². The zero-order valence-corrected chi connectivity index (χ0v) is 13.7. The van der Waals surface area contributed by atoms with Crippen molar-refractivity contribution in [1.82, 2.24) is 0 Å². The Labute approximate surface area is 142 Å². The smallest absolute Gasteiger partial charge is 0.335 e. The molecule has 1 atom stereocenters. The molecule has 1 heterocycles. The minimum absolute atomic E-state index is 0.185. The van der Waals surface area contributed by atoms with Crippen molar-refractivity contribution >= 4 is 11.7 Å². The number of hydrogen-bond acceptors (Lipinski definition) is 4. The van der Waals surface area contributed by atoms with Gasteiger partial charge in [-0.05, 0) is 36.1 Å². The minimum Gasteiger partial charge on any atom is -0.459 e. The Balaban J connectivity index is 1.50. The van der Waals surface area contributed by atoms with E-state index in [1.54, 1.807) is 0 Å². The Bertz CT molecular complexity index is 648. The summed E-state index contributed by atoms with van der Waals surface area (Å²) in [5, 5.41) is 10.0. The van der Waals surface area contributed by atoms with Gasteiger partial charge in [0.15, 0.2) is 6.10 Å². The van der Waals surface area contributed by atoms with Gasteiger partial charge in [-0.15, -0.1) is 0 Å². The summed E-state index contributed by atoms with van der Waals surface area (Å²) < 4.78 is 5.17. The van der Waals surface area contributed by atoms with Gasteiger partial charge in [-0.1, -0.05) is 42.5 Å². The molecule has 4 heteroatoms. The number of aliphatic hydroxyl groups excluding tert-OH is 1. The van der Waals surface area contributed by atoms with Gasteiger partial charge in [0.25, 0.3) is 0 Å². The van der Waals surface area contributed by atoms with Crippen LogP contribution < -0.4 is 4.90 Å². The summed E-state index contributed by atoms with van der Waals surface area (Å²) in [6.45, 7) is 2.40. The maximum absolute atomic E-state index is 11.9. The third-order valence-electron chi connectivity index (χ3n) is 4.33. The first-order chi connectivity index (χ1) is 11.7. The van der Waals surface area contributed by atoms with E-state index in [0.717, 1.165) is 24.2 Å². The molecule has 1 N–H and O–H groups in total. The highest BCUT2D eigenvalue weighted by atomic mass is 16.5.